The van der Waals surface area contributed by atoms with Gasteiger partial charge in [0.25, 0.3) is 0 Å². The van der Waals surface area contributed by atoms with E-state index < -0.39 is 10.0 Å². The van der Waals surface area contributed by atoms with Crippen LogP contribution in [0.5, 0.6) is 5.75 Å². The third-order valence-corrected chi connectivity index (χ3v) is 8.24. The van der Waals surface area contributed by atoms with Gasteiger partial charge in [-0.25, -0.2) is 8.42 Å². The summed E-state index contributed by atoms with van der Waals surface area (Å²) in [4.78, 5) is 17.4. The largest absolute Gasteiger partial charge is 0.497 e. The van der Waals surface area contributed by atoms with Gasteiger partial charge in [-0.15, -0.1) is 0 Å². The van der Waals surface area contributed by atoms with Crippen LogP contribution in [0.4, 0.5) is 5.69 Å². The van der Waals surface area contributed by atoms with E-state index in [0.29, 0.717) is 37.4 Å². The summed E-state index contributed by atoms with van der Waals surface area (Å²) in [6, 6.07) is 15.0. The Morgan fingerprint density at radius 1 is 0.939 bits per heavy atom. The first-order chi connectivity index (χ1) is 15.9. The second kappa shape index (κ2) is 11.5. The van der Waals surface area contributed by atoms with E-state index in [4.69, 9.17) is 4.74 Å². The minimum atomic E-state index is -3.46. The molecule has 0 N–H and O–H groups in total. The summed E-state index contributed by atoms with van der Waals surface area (Å²) < 4.78 is 31.9. The highest BCUT2D eigenvalue weighted by molar-refractivity contribution is 7.89. The van der Waals surface area contributed by atoms with Crippen molar-refractivity contribution in [3.63, 3.8) is 0 Å². The predicted molar refractivity (Wildman–Crippen MR) is 131 cm³/mol. The molecule has 1 heterocycles. The van der Waals surface area contributed by atoms with Crippen LogP contribution in [0, 0.1) is 0 Å². The first-order valence-electron chi connectivity index (χ1n) is 11.6. The molecule has 8 heteroatoms. The molecule has 0 radical (unpaired) electrons. The van der Waals surface area contributed by atoms with Crippen molar-refractivity contribution < 1.29 is 17.9 Å². The SMILES string of the molecule is CCN(CC)S(=O)(=O)c1ccc(CCC(=O)N2CCCN(c3ccc(OC)cc3)CC2)cc1. The molecule has 0 aliphatic carbocycles. The molecule has 1 aliphatic heterocycles. The third kappa shape index (κ3) is 6.26. The number of ether oxygens (including phenoxy) is 1. The fraction of sp³-hybridized carbons (Fsp3) is 0.480. The molecule has 1 saturated heterocycles. The van der Waals surface area contributed by atoms with Crippen molar-refractivity contribution >= 4 is 21.6 Å². The lowest BCUT2D eigenvalue weighted by molar-refractivity contribution is -0.130. The van der Waals surface area contributed by atoms with E-state index >= 15 is 0 Å². The summed E-state index contributed by atoms with van der Waals surface area (Å²) >= 11 is 0. The lowest BCUT2D eigenvalue weighted by Gasteiger charge is -2.24. The van der Waals surface area contributed by atoms with Crippen LogP contribution in [-0.4, -0.2) is 69.9 Å². The van der Waals surface area contributed by atoms with Gasteiger partial charge in [0.05, 0.1) is 12.0 Å². The molecular formula is C25H35N3O4S. The minimum absolute atomic E-state index is 0.145. The minimum Gasteiger partial charge on any atom is -0.497 e. The number of anilines is 1. The molecule has 0 aromatic heterocycles. The summed E-state index contributed by atoms with van der Waals surface area (Å²) in [7, 11) is -1.80. The van der Waals surface area contributed by atoms with Gasteiger partial charge in [0.15, 0.2) is 0 Å². The number of aryl methyl sites for hydroxylation is 1. The molecular weight excluding hydrogens is 438 g/mol. The van der Waals surface area contributed by atoms with Gasteiger partial charge in [-0.3, -0.25) is 4.79 Å². The number of benzene rings is 2. The molecule has 180 valence electrons. The zero-order valence-corrected chi connectivity index (χ0v) is 20.7. The van der Waals surface area contributed by atoms with Crippen LogP contribution in [0.25, 0.3) is 0 Å². The summed E-state index contributed by atoms with van der Waals surface area (Å²) in [5.41, 5.74) is 2.11. The van der Waals surface area contributed by atoms with Gasteiger partial charge in [0.1, 0.15) is 5.75 Å². The summed E-state index contributed by atoms with van der Waals surface area (Å²) in [6.45, 7) is 7.73. The van der Waals surface area contributed by atoms with E-state index in [1.165, 1.54) is 4.31 Å². The molecule has 1 amide bonds. The van der Waals surface area contributed by atoms with E-state index in [-0.39, 0.29) is 5.91 Å². The molecule has 0 bridgehead atoms. The molecule has 0 atom stereocenters. The van der Waals surface area contributed by atoms with E-state index in [1.54, 1.807) is 19.2 Å². The van der Waals surface area contributed by atoms with Gasteiger partial charge in [-0.05, 0) is 54.8 Å². The number of amides is 1. The summed E-state index contributed by atoms with van der Waals surface area (Å²) in [6.07, 6.45) is 1.95. The lowest BCUT2D eigenvalue weighted by atomic mass is 10.1. The van der Waals surface area contributed by atoms with E-state index in [1.807, 2.05) is 43.0 Å². The monoisotopic (exact) mass is 473 g/mol. The number of rotatable bonds is 9. The smallest absolute Gasteiger partial charge is 0.243 e. The molecule has 2 aromatic rings. The zero-order chi connectivity index (χ0) is 23.8. The predicted octanol–water partition coefficient (Wildman–Crippen LogP) is 3.40. The Balaban J connectivity index is 1.53. The molecule has 3 rings (SSSR count). The van der Waals surface area contributed by atoms with Crippen molar-refractivity contribution in [3.05, 3.63) is 54.1 Å². The Morgan fingerprint density at radius 2 is 1.61 bits per heavy atom. The highest BCUT2D eigenvalue weighted by atomic mass is 32.2. The Kier molecular flexibility index (Phi) is 8.74. The Hall–Kier alpha value is -2.58. The lowest BCUT2D eigenvalue weighted by Crippen LogP contribution is -2.35. The van der Waals surface area contributed by atoms with Crippen molar-refractivity contribution in [2.24, 2.45) is 0 Å². The molecule has 0 spiro atoms. The fourth-order valence-electron chi connectivity index (χ4n) is 4.17. The number of sulfonamides is 1. The first kappa shape index (κ1) is 25.1. The first-order valence-corrected chi connectivity index (χ1v) is 13.1. The number of carbonyl (C=O) groups excluding carboxylic acids is 1. The van der Waals surface area contributed by atoms with Crippen LogP contribution >= 0.6 is 0 Å². The molecule has 0 saturated carbocycles. The number of carbonyl (C=O) groups is 1. The van der Waals surface area contributed by atoms with Crippen LogP contribution in [0.3, 0.4) is 0 Å². The average Bonchev–Trinajstić information content (AvgIpc) is 3.10. The molecule has 33 heavy (non-hydrogen) atoms. The number of hydrogen-bond acceptors (Lipinski definition) is 5. The van der Waals surface area contributed by atoms with E-state index in [2.05, 4.69) is 17.0 Å². The molecule has 2 aromatic carbocycles. The maximum atomic E-state index is 12.8. The van der Waals surface area contributed by atoms with Crippen molar-refractivity contribution in [1.29, 1.82) is 0 Å². The second-order valence-corrected chi connectivity index (χ2v) is 10.1. The number of hydrogen-bond donors (Lipinski definition) is 0. The Labute approximate surface area is 198 Å². The van der Waals surface area contributed by atoms with E-state index in [9.17, 15) is 13.2 Å². The second-order valence-electron chi connectivity index (χ2n) is 8.15. The van der Waals surface area contributed by atoms with Gasteiger partial charge >= 0.3 is 0 Å². The van der Waals surface area contributed by atoms with Gasteiger partial charge in [-0.1, -0.05) is 26.0 Å². The molecule has 1 aliphatic rings. The van der Waals surface area contributed by atoms with Gasteiger partial charge < -0.3 is 14.5 Å². The van der Waals surface area contributed by atoms with Gasteiger partial charge in [0.2, 0.25) is 15.9 Å². The Bertz CT molecular complexity index is 1000. The summed E-state index contributed by atoms with van der Waals surface area (Å²) in [5, 5.41) is 0. The highest BCUT2D eigenvalue weighted by Gasteiger charge is 2.22. The summed E-state index contributed by atoms with van der Waals surface area (Å²) in [5.74, 6) is 0.982. The van der Waals surface area contributed by atoms with Crippen molar-refractivity contribution in [2.45, 2.75) is 38.0 Å². The molecule has 1 fully saturated rings. The third-order valence-electron chi connectivity index (χ3n) is 6.18. The number of methoxy groups -OCH3 is 1. The normalized spacial score (nSPS) is 14.9. The maximum Gasteiger partial charge on any atom is 0.243 e. The van der Waals surface area contributed by atoms with Crippen molar-refractivity contribution in [2.75, 3.05) is 51.3 Å². The average molecular weight is 474 g/mol. The topological polar surface area (TPSA) is 70.2 Å². The van der Waals surface area contributed by atoms with Gasteiger partial charge in [0, 0.05) is 51.4 Å². The zero-order valence-electron chi connectivity index (χ0n) is 19.9. The van der Waals surface area contributed by atoms with Crippen LogP contribution in [0.15, 0.2) is 53.4 Å². The maximum absolute atomic E-state index is 12.8. The number of nitrogens with zero attached hydrogens (tertiary/aromatic N) is 3. The van der Waals surface area contributed by atoms with Crippen LogP contribution in [0.2, 0.25) is 0 Å². The highest BCUT2D eigenvalue weighted by Crippen LogP contribution is 2.21. The van der Waals surface area contributed by atoms with Crippen LogP contribution < -0.4 is 9.64 Å². The van der Waals surface area contributed by atoms with Crippen LogP contribution in [-0.2, 0) is 21.2 Å². The standard InChI is InChI=1S/C25H35N3O4S/c1-4-28(5-2)33(30,31)24-14-7-21(8-15-24)9-16-25(29)27-18-6-17-26(19-20-27)22-10-12-23(32-3)13-11-22/h7-8,10-15H,4-6,9,16-20H2,1-3H3. The fourth-order valence-corrected chi connectivity index (χ4v) is 5.63. The quantitative estimate of drug-likeness (QED) is 0.558. The van der Waals surface area contributed by atoms with Crippen molar-refractivity contribution in [3.8, 4) is 5.75 Å². The van der Waals surface area contributed by atoms with Gasteiger partial charge in [-0.2, -0.15) is 4.31 Å². The Morgan fingerprint density at radius 3 is 2.21 bits per heavy atom. The molecule has 7 nitrogen and oxygen atoms in total. The van der Waals surface area contributed by atoms with E-state index in [0.717, 1.165) is 43.1 Å². The van der Waals surface area contributed by atoms with Crippen molar-refractivity contribution in [1.82, 2.24) is 9.21 Å². The van der Waals surface area contributed by atoms with Crippen LogP contribution in [0.1, 0.15) is 32.3 Å². The molecule has 0 unspecified atom stereocenters.